The summed E-state index contributed by atoms with van der Waals surface area (Å²) in [6, 6.07) is 15.4. The lowest BCUT2D eigenvalue weighted by molar-refractivity contribution is 0.0929. The van der Waals surface area contributed by atoms with Crippen molar-refractivity contribution in [1.82, 2.24) is 0 Å². The minimum Gasteiger partial charge on any atom is -0.429 e. The Morgan fingerprint density at radius 3 is 2.42 bits per heavy atom. The first-order valence-corrected chi connectivity index (χ1v) is 5.60. The third-order valence-electron chi connectivity index (χ3n) is 2.36. The lowest BCUT2D eigenvalue weighted by Crippen LogP contribution is -2.10. The second-order valence-electron chi connectivity index (χ2n) is 3.69. The molecule has 5 heteroatoms. The summed E-state index contributed by atoms with van der Waals surface area (Å²) in [6.45, 7) is 0.107. The van der Waals surface area contributed by atoms with Crippen molar-refractivity contribution < 1.29 is 14.3 Å². The van der Waals surface area contributed by atoms with Crippen LogP contribution in [0.2, 0.25) is 0 Å². The Balaban J connectivity index is 1.93. The largest absolute Gasteiger partial charge is 0.514 e. The van der Waals surface area contributed by atoms with Crippen molar-refractivity contribution in [2.45, 2.75) is 6.61 Å². The van der Waals surface area contributed by atoms with Crippen molar-refractivity contribution in [3.63, 3.8) is 0 Å². The second-order valence-corrected chi connectivity index (χ2v) is 3.69. The van der Waals surface area contributed by atoms with Crippen LogP contribution in [0, 0.1) is 4.91 Å². The number of rotatable bonds is 4. The van der Waals surface area contributed by atoms with Gasteiger partial charge in [-0.1, -0.05) is 42.5 Å². The molecule has 0 bridgehead atoms. The molecule has 2 rings (SSSR count). The van der Waals surface area contributed by atoms with Crippen molar-refractivity contribution in [2.75, 3.05) is 0 Å². The standard InChI is InChI=1S/C14H11NO4/c16-14(18-10-11-6-2-1-3-7-11)19-13-9-5-4-8-12(13)15-17/h1-9H,10H2. The maximum absolute atomic E-state index is 11.5. The normalized spacial score (nSPS) is 9.68. The third-order valence-corrected chi connectivity index (χ3v) is 2.36. The van der Waals surface area contributed by atoms with Crippen LogP contribution in [-0.2, 0) is 11.3 Å². The average Bonchev–Trinajstić information content (AvgIpc) is 2.47. The molecule has 0 amide bonds. The molecule has 96 valence electrons. The van der Waals surface area contributed by atoms with Crippen LogP contribution < -0.4 is 4.74 Å². The van der Waals surface area contributed by atoms with Gasteiger partial charge in [-0.2, -0.15) is 0 Å². The zero-order valence-corrected chi connectivity index (χ0v) is 9.98. The van der Waals surface area contributed by atoms with E-state index in [1.807, 2.05) is 30.3 Å². The van der Waals surface area contributed by atoms with Crippen LogP contribution in [0.3, 0.4) is 0 Å². The van der Waals surface area contributed by atoms with Gasteiger partial charge in [0.15, 0.2) is 11.4 Å². The molecule has 0 atom stereocenters. The maximum atomic E-state index is 11.5. The second kappa shape index (κ2) is 6.30. The van der Waals surface area contributed by atoms with E-state index in [2.05, 4.69) is 5.18 Å². The van der Waals surface area contributed by atoms with Crippen molar-refractivity contribution >= 4 is 11.8 Å². The molecule has 0 saturated heterocycles. The first-order chi connectivity index (χ1) is 9.29. The number of para-hydroxylation sites is 1. The van der Waals surface area contributed by atoms with Gasteiger partial charge in [0.1, 0.15) is 6.61 Å². The lowest BCUT2D eigenvalue weighted by atomic mass is 10.2. The van der Waals surface area contributed by atoms with Gasteiger partial charge in [-0.3, -0.25) is 0 Å². The van der Waals surface area contributed by atoms with Crippen LogP contribution in [0.25, 0.3) is 0 Å². The van der Waals surface area contributed by atoms with Crippen LogP contribution in [0.5, 0.6) is 5.75 Å². The Bertz CT molecular complexity index is 569. The Hall–Kier alpha value is -2.69. The zero-order valence-electron chi connectivity index (χ0n) is 9.98. The van der Waals surface area contributed by atoms with Crippen molar-refractivity contribution in [1.29, 1.82) is 0 Å². The van der Waals surface area contributed by atoms with Gasteiger partial charge in [-0.05, 0) is 22.9 Å². The summed E-state index contributed by atoms with van der Waals surface area (Å²) in [5, 5.41) is 2.76. The number of hydrogen-bond acceptors (Lipinski definition) is 5. The summed E-state index contributed by atoms with van der Waals surface area (Å²) < 4.78 is 9.83. The van der Waals surface area contributed by atoms with Gasteiger partial charge in [-0.15, -0.1) is 4.91 Å². The molecule has 19 heavy (non-hydrogen) atoms. The van der Waals surface area contributed by atoms with Crippen LogP contribution in [0.1, 0.15) is 5.56 Å². The van der Waals surface area contributed by atoms with Crippen LogP contribution in [0.15, 0.2) is 59.8 Å². The average molecular weight is 257 g/mol. The summed E-state index contributed by atoms with van der Waals surface area (Å²) in [6.07, 6.45) is -0.875. The molecule has 0 aliphatic carbocycles. The van der Waals surface area contributed by atoms with Crippen LogP contribution >= 0.6 is 0 Å². The summed E-state index contributed by atoms with van der Waals surface area (Å²) in [5.41, 5.74) is 0.903. The number of carbonyl (C=O) groups excluding carboxylic acids is 1. The summed E-state index contributed by atoms with van der Waals surface area (Å²) in [7, 11) is 0. The van der Waals surface area contributed by atoms with Crippen LogP contribution in [-0.4, -0.2) is 6.16 Å². The number of nitroso groups, excluding NO2 is 1. The van der Waals surface area contributed by atoms with Crippen molar-refractivity contribution in [3.05, 3.63) is 65.1 Å². The molecule has 0 spiro atoms. The Labute approximate surface area is 109 Å². The molecular weight excluding hydrogens is 246 g/mol. The molecule has 2 aromatic carbocycles. The number of nitrogens with zero attached hydrogens (tertiary/aromatic N) is 1. The summed E-state index contributed by atoms with van der Waals surface area (Å²) in [5.74, 6) is 0.0792. The van der Waals surface area contributed by atoms with E-state index in [0.717, 1.165) is 5.56 Å². The highest BCUT2D eigenvalue weighted by molar-refractivity contribution is 5.67. The molecular formula is C14H11NO4. The van der Waals surface area contributed by atoms with Gasteiger partial charge >= 0.3 is 6.16 Å². The van der Waals surface area contributed by atoms with E-state index in [-0.39, 0.29) is 18.0 Å². The van der Waals surface area contributed by atoms with E-state index in [4.69, 9.17) is 9.47 Å². The highest BCUT2D eigenvalue weighted by Gasteiger charge is 2.10. The van der Waals surface area contributed by atoms with E-state index >= 15 is 0 Å². The lowest BCUT2D eigenvalue weighted by Gasteiger charge is -2.06. The third kappa shape index (κ3) is 3.64. The number of benzene rings is 2. The number of hydrogen-bond donors (Lipinski definition) is 0. The molecule has 0 N–H and O–H groups in total. The maximum Gasteiger partial charge on any atom is 0.514 e. The number of carbonyl (C=O) groups is 1. The molecule has 0 saturated carbocycles. The fourth-order valence-corrected chi connectivity index (χ4v) is 1.45. The molecule has 0 aromatic heterocycles. The molecule has 2 aromatic rings. The summed E-state index contributed by atoms with van der Waals surface area (Å²) >= 11 is 0. The first kappa shape index (κ1) is 12.8. The van der Waals surface area contributed by atoms with E-state index in [1.165, 1.54) is 12.1 Å². The van der Waals surface area contributed by atoms with Gasteiger partial charge in [0.25, 0.3) is 0 Å². The molecule has 0 unspecified atom stereocenters. The molecule has 0 radical (unpaired) electrons. The van der Waals surface area contributed by atoms with Gasteiger partial charge in [0.2, 0.25) is 0 Å². The zero-order chi connectivity index (χ0) is 13.5. The number of ether oxygens (including phenoxy) is 2. The minimum absolute atomic E-state index is 0.0548. The fourth-order valence-electron chi connectivity index (χ4n) is 1.45. The molecule has 0 fully saturated rings. The molecule has 0 heterocycles. The Morgan fingerprint density at radius 1 is 1.00 bits per heavy atom. The quantitative estimate of drug-likeness (QED) is 0.474. The van der Waals surface area contributed by atoms with E-state index in [9.17, 15) is 9.70 Å². The van der Waals surface area contributed by atoms with Crippen molar-refractivity contribution in [3.8, 4) is 5.75 Å². The monoisotopic (exact) mass is 257 g/mol. The van der Waals surface area contributed by atoms with Gasteiger partial charge < -0.3 is 9.47 Å². The van der Waals surface area contributed by atoms with Crippen LogP contribution in [0.4, 0.5) is 10.5 Å². The predicted molar refractivity (Wildman–Crippen MR) is 69.2 cm³/mol. The highest BCUT2D eigenvalue weighted by atomic mass is 16.7. The minimum atomic E-state index is -0.875. The van der Waals surface area contributed by atoms with E-state index in [1.54, 1.807) is 12.1 Å². The fraction of sp³-hybridized carbons (Fsp3) is 0.0714. The van der Waals surface area contributed by atoms with Gasteiger partial charge in [0, 0.05) is 0 Å². The van der Waals surface area contributed by atoms with Gasteiger partial charge in [-0.25, -0.2) is 4.79 Å². The Morgan fingerprint density at radius 2 is 1.68 bits per heavy atom. The SMILES string of the molecule is O=Nc1ccccc1OC(=O)OCc1ccccc1. The topological polar surface area (TPSA) is 65.0 Å². The van der Waals surface area contributed by atoms with Gasteiger partial charge in [0.05, 0.1) is 0 Å². The smallest absolute Gasteiger partial charge is 0.429 e. The Kier molecular flexibility index (Phi) is 4.23. The molecule has 0 aliphatic heterocycles. The van der Waals surface area contributed by atoms with E-state index in [0.29, 0.717) is 0 Å². The molecule has 0 aliphatic rings. The molecule has 5 nitrogen and oxygen atoms in total. The first-order valence-electron chi connectivity index (χ1n) is 5.60. The van der Waals surface area contributed by atoms with Crippen molar-refractivity contribution in [2.24, 2.45) is 5.18 Å². The highest BCUT2D eigenvalue weighted by Crippen LogP contribution is 2.26. The summed E-state index contributed by atoms with van der Waals surface area (Å²) in [4.78, 5) is 22.0. The van der Waals surface area contributed by atoms with E-state index < -0.39 is 6.16 Å². The predicted octanol–water partition coefficient (Wildman–Crippen LogP) is 3.80.